The van der Waals surface area contributed by atoms with Gasteiger partial charge in [-0.15, -0.1) is 0 Å². The third-order valence-corrected chi connectivity index (χ3v) is 5.48. The van der Waals surface area contributed by atoms with Gasteiger partial charge in [0.05, 0.1) is 29.0 Å². The van der Waals surface area contributed by atoms with E-state index >= 15 is 0 Å². The second-order valence-corrected chi connectivity index (χ2v) is 8.55. The molecule has 0 atom stereocenters. The van der Waals surface area contributed by atoms with Gasteiger partial charge in [0.2, 0.25) is 5.91 Å². The van der Waals surface area contributed by atoms with Crippen molar-refractivity contribution in [3.63, 3.8) is 0 Å². The summed E-state index contributed by atoms with van der Waals surface area (Å²) >= 11 is 0. The SMILES string of the molecule is Cc1ccc(-c2cccc(C(=O)CC(=O)Nc3cc(C(F)(F)F)c(N(C)C)cc3NC(=O)O)c2)c(C)n1. The van der Waals surface area contributed by atoms with Crippen LogP contribution in [0.1, 0.15) is 33.7 Å². The Kier molecular flexibility index (Phi) is 7.85. The van der Waals surface area contributed by atoms with Gasteiger partial charge in [0.15, 0.2) is 5.78 Å². The summed E-state index contributed by atoms with van der Waals surface area (Å²) in [5.41, 5.74) is 1.30. The van der Waals surface area contributed by atoms with Crippen LogP contribution >= 0.6 is 0 Å². The van der Waals surface area contributed by atoms with Crippen molar-refractivity contribution in [1.82, 2.24) is 4.98 Å². The lowest BCUT2D eigenvalue weighted by Crippen LogP contribution is -2.21. The third-order valence-electron chi connectivity index (χ3n) is 5.48. The number of Topliss-reactive ketones (excluding diaryl/α,β-unsaturated/α-hetero) is 1. The van der Waals surface area contributed by atoms with Crippen LogP contribution in [0.3, 0.4) is 0 Å². The van der Waals surface area contributed by atoms with Gasteiger partial charge in [-0.1, -0.05) is 24.3 Å². The fourth-order valence-corrected chi connectivity index (χ4v) is 3.80. The van der Waals surface area contributed by atoms with Crippen molar-refractivity contribution < 1.29 is 32.7 Å². The van der Waals surface area contributed by atoms with Gasteiger partial charge in [0.1, 0.15) is 0 Å². The summed E-state index contributed by atoms with van der Waals surface area (Å²) in [6, 6.07) is 11.9. The molecule has 2 amide bonds. The molecule has 1 aromatic heterocycles. The Morgan fingerprint density at radius 2 is 1.65 bits per heavy atom. The summed E-state index contributed by atoms with van der Waals surface area (Å²) in [5.74, 6) is -1.46. The van der Waals surface area contributed by atoms with E-state index in [1.54, 1.807) is 18.2 Å². The van der Waals surface area contributed by atoms with Gasteiger partial charge in [-0.05, 0) is 43.7 Å². The summed E-state index contributed by atoms with van der Waals surface area (Å²) in [4.78, 5) is 42.3. The van der Waals surface area contributed by atoms with Gasteiger partial charge >= 0.3 is 12.3 Å². The molecule has 0 aliphatic rings. The number of pyridine rings is 1. The molecule has 3 rings (SSSR count). The highest BCUT2D eigenvalue weighted by Crippen LogP contribution is 2.41. The summed E-state index contributed by atoms with van der Waals surface area (Å²) in [6.45, 7) is 3.70. The van der Waals surface area contributed by atoms with E-state index in [-0.39, 0.29) is 16.9 Å². The number of amides is 2. The Balaban J connectivity index is 1.87. The van der Waals surface area contributed by atoms with Crippen LogP contribution in [0.25, 0.3) is 11.1 Å². The number of hydrogen-bond acceptors (Lipinski definition) is 5. The predicted octanol–water partition coefficient (Wildman–Crippen LogP) is 5.75. The highest BCUT2D eigenvalue weighted by molar-refractivity contribution is 6.12. The molecule has 3 N–H and O–H groups in total. The molecule has 1 heterocycles. The molecule has 0 saturated heterocycles. The van der Waals surface area contributed by atoms with Crippen LogP contribution < -0.4 is 15.5 Å². The molecule has 8 nitrogen and oxygen atoms in total. The van der Waals surface area contributed by atoms with Crippen LogP contribution in [0.2, 0.25) is 0 Å². The zero-order valence-electron chi connectivity index (χ0n) is 20.5. The number of nitrogens with one attached hydrogen (secondary N) is 2. The van der Waals surface area contributed by atoms with E-state index < -0.39 is 41.6 Å². The highest BCUT2D eigenvalue weighted by atomic mass is 19.4. The molecule has 0 aliphatic carbocycles. The first-order chi connectivity index (χ1) is 17.3. The summed E-state index contributed by atoms with van der Waals surface area (Å²) < 4.78 is 40.9. The number of ketones is 1. The predicted molar refractivity (Wildman–Crippen MR) is 134 cm³/mol. The molecule has 0 fully saturated rings. The van der Waals surface area contributed by atoms with Crippen LogP contribution in [0, 0.1) is 13.8 Å². The topological polar surface area (TPSA) is 112 Å². The van der Waals surface area contributed by atoms with Crippen molar-refractivity contribution in [2.45, 2.75) is 26.4 Å². The minimum atomic E-state index is -4.78. The molecule has 11 heteroatoms. The number of halogens is 3. The minimum Gasteiger partial charge on any atom is -0.465 e. The van der Waals surface area contributed by atoms with E-state index in [9.17, 15) is 27.6 Å². The van der Waals surface area contributed by atoms with Gasteiger partial charge in [-0.2, -0.15) is 13.2 Å². The van der Waals surface area contributed by atoms with E-state index in [0.717, 1.165) is 28.6 Å². The Morgan fingerprint density at radius 1 is 0.973 bits per heavy atom. The van der Waals surface area contributed by atoms with E-state index in [1.165, 1.54) is 25.1 Å². The lowest BCUT2D eigenvalue weighted by atomic mass is 9.99. The van der Waals surface area contributed by atoms with Crippen LogP contribution in [0.5, 0.6) is 0 Å². The van der Waals surface area contributed by atoms with Crippen LogP contribution in [0.15, 0.2) is 48.5 Å². The smallest absolute Gasteiger partial charge is 0.418 e. The lowest BCUT2D eigenvalue weighted by Gasteiger charge is -2.22. The highest BCUT2D eigenvalue weighted by Gasteiger charge is 2.35. The average Bonchev–Trinajstić information content (AvgIpc) is 2.78. The molecule has 2 aromatic carbocycles. The maximum Gasteiger partial charge on any atom is 0.418 e. The standard InChI is InChI=1S/C26H25F3N4O4/c1-14-8-9-18(15(2)30-14)16-6-5-7-17(10-16)23(34)13-24(35)31-20-11-19(26(27,28)29)22(33(3)4)12-21(20)32-25(36)37/h5-12,32H,13H2,1-4H3,(H,31,35)(H,36,37). The van der Waals surface area contributed by atoms with E-state index in [2.05, 4.69) is 10.3 Å². The molecule has 0 aliphatic heterocycles. The molecule has 0 spiro atoms. The number of aryl methyl sites for hydroxylation is 2. The van der Waals surface area contributed by atoms with Gasteiger partial charge in [0.25, 0.3) is 0 Å². The second-order valence-electron chi connectivity index (χ2n) is 8.55. The maximum atomic E-state index is 13.6. The molecular weight excluding hydrogens is 489 g/mol. The van der Waals surface area contributed by atoms with Crippen molar-refractivity contribution in [1.29, 1.82) is 0 Å². The van der Waals surface area contributed by atoms with Gasteiger partial charge < -0.3 is 15.3 Å². The largest absolute Gasteiger partial charge is 0.465 e. The fourth-order valence-electron chi connectivity index (χ4n) is 3.80. The third kappa shape index (κ3) is 6.63. The van der Waals surface area contributed by atoms with Crippen molar-refractivity contribution in [3.05, 3.63) is 71.0 Å². The zero-order valence-corrected chi connectivity index (χ0v) is 20.5. The normalized spacial score (nSPS) is 11.1. The number of anilines is 3. The number of aromatic nitrogens is 1. The Morgan fingerprint density at radius 3 is 2.24 bits per heavy atom. The number of carbonyl (C=O) groups is 3. The Bertz CT molecular complexity index is 1370. The quantitative estimate of drug-likeness (QED) is 0.273. The minimum absolute atomic E-state index is 0.232. The summed E-state index contributed by atoms with van der Waals surface area (Å²) in [7, 11) is 2.74. The van der Waals surface area contributed by atoms with Crippen molar-refractivity contribution in [3.8, 4) is 11.1 Å². The first-order valence-corrected chi connectivity index (χ1v) is 11.1. The summed E-state index contributed by atoms with van der Waals surface area (Å²) in [6.07, 6.45) is -6.98. The van der Waals surface area contributed by atoms with E-state index in [4.69, 9.17) is 5.11 Å². The van der Waals surface area contributed by atoms with Crippen molar-refractivity contribution >= 4 is 34.8 Å². The first-order valence-electron chi connectivity index (χ1n) is 11.1. The lowest BCUT2D eigenvalue weighted by molar-refractivity contribution is -0.137. The number of benzene rings is 2. The van der Waals surface area contributed by atoms with Gasteiger partial charge in [-0.25, -0.2) is 4.79 Å². The molecular formula is C26H25F3N4O4. The zero-order chi connectivity index (χ0) is 27.5. The van der Waals surface area contributed by atoms with Crippen LogP contribution in [0.4, 0.5) is 35.0 Å². The monoisotopic (exact) mass is 514 g/mol. The molecule has 0 unspecified atom stereocenters. The number of nitrogens with zero attached hydrogens (tertiary/aromatic N) is 2. The second kappa shape index (κ2) is 10.7. The van der Waals surface area contributed by atoms with Crippen LogP contribution in [-0.2, 0) is 11.0 Å². The first kappa shape index (κ1) is 27.2. The molecule has 0 bridgehead atoms. The Labute approximate surface area is 211 Å². The maximum absolute atomic E-state index is 13.6. The molecule has 37 heavy (non-hydrogen) atoms. The number of hydrogen-bond donors (Lipinski definition) is 3. The fraction of sp³-hybridized carbons (Fsp3) is 0.231. The van der Waals surface area contributed by atoms with Gasteiger partial charge in [-0.3, -0.25) is 19.9 Å². The van der Waals surface area contributed by atoms with E-state index in [0.29, 0.717) is 6.07 Å². The van der Waals surface area contributed by atoms with E-state index in [1.807, 2.05) is 31.3 Å². The molecule has 0 radical (unpaired) electrons. The molecule has 194 valence electrons. The van der Waals surface area contributed by atoms with Crippen molar-refractivity contribution in [2.24, 2.45) is 0 Å². The number of carbonyl (C=O) groups excluding carboxylic acids is 2. The van der Waals surface area contributed by atoms with Crippen LogP contribution in [-0.4, -0.2) is 42.0 Å². The van der Waals surface area contributed by atoms with Gasteiger partial charge in [0, 0.05) is 36.6 Å². The van der Waals surface area contributed by atoms with Crippen molar-refractivity contribution in [2.75, 3.05) is 29.6 Å². The Hall–Kier alpha value is -4.41. The summed E-state index contributed by atoms with van der Waals surface area (Å²) in [5, 5.41) is 13.3. The average molecular weight is 515 g/mol. The number of rotatable bonds is 7. The number of carboxylic acid groups (broad SMARTS) is 1. The number of alkyl halides is 3. The molecule has 0 saturated carbocycles. The molecule has 3 aromatic rings.